The van der Waals surface area contributed by atoms with Crippen molar-refractivity contribution < 1.29 is 21.6 Å². The van der Waals surface area contributed by atoms with Crippen LogP contribution in [-0.2, 0) is 23.7 Å². The Bertz CT molecular complexity index is 789. The molecule has 0 heterocycles. The minimum atomic E-state index is -3.91. The number of carbonyl (C=O) groups excluding carboxylic acids is 1. The molecule has 118 valence electrons. The van der Waals surface area contributed by atoms with E-state index >= 15 is 0 Å². The van der Waals surface area contributed by atoms with E-state index in [2.05, 4.69) is 21.2 Å². The Hall–Kier alpha value is -0.640. The average molecular weight is 419 g/mol. The first kappa shape index (κ1) is 18.4. The highest BCUT2D eigenvalue weighted by molar-refractivity contribution is 9.10. The van der Waals surface area contributed by atoms with Gasteiger partial charge in [-0.25, -0.2) is 16.8 Å². The molecule has 0 radical (unpaired) electrons. The number of aryl methyl sites for hydroxylation is 1. The van der Waals surface area contributed by atoms with Gasteiger partial charge in [0.2, 0.25) is 5.91 Å². The van der Waals surface area contributed by atoms with Crippen molar-refractivity contribution in [3.05, 3.63) is 22.2 Å². The van der Waals surface area contributed by atoms with Gasteiger partial charge in [0.15, 0.2) is 9.84 Å². The van der Waals surface area contributed by atoms with Gasteiger partial charge in [0.25, 0.3) is 9.05 Å². The SMILES string of the molecule is Cc1cc(NC(=O)C(C)S(C)(=O)=O)c(Br)cc1S(=O)(=O)Cl. The van der Waals surface area contributed by atoms with Gasteiger partial charge in [-0.15, -0.1) is 0 Å². The van der Waals surface area contributed by atoms with E-state index < -0.39 is 30.0 Å². The molecule has 0 aliphatic heterocycles. The quantitative estimate of drug-likeness (QED) is 0.755. The molecule has 0 aliphatic rings. The molecule has 21 heavy (non-hydrogen) atoms. The number of hydrogen-bond donors (Lipinski definition) is 1. The van der Waals surface area contributed by atoms with Crippen LogP contribution in [0.3, 0.4) is 0 Å². The second-order valence-electron chi connectivity index (χ2n) is 4.50. The van der Waals surface area contributed by atoms with Gasteiger partial charge in [-0.2, -0.15) is 0 Å². The maximum absolute atomic E-state index is 11.8. The van der Waals surface area contributed by atoms with E-state index in [4.69, 9.17) is 10.7 Å². The molecule has 6 nitrogen and oxygen atoms in total. The maximum Gasteiger partial charge on any atom is 0.261 e. The van der Waals surface area contributed by atoms with Crippen molar-refractivity contribution >= 4 is 57.1 Å². The lowest BCUT2D eigenvalue weighted by Crippen LogP contribution is -2.31. The van der Waals surface area contributed by atoms with Gasteiger partial charge < -0.3 is 5.32 Å². The smallest absolute Gasteiger partial charge is 0.261 e. The van der Waals surface area contributed by atoms with Crippen molar-refractivity contribution in [2.75, 3.05) is 11.6 Å². The largest absolute Gasteiger partial charge is 0.324 e. The summed E-state index contributed by atoms with van der Waals surface area (Å²) in [6.45, 7) is 2.78. The third-order valence-corrected chi connectivity index (χ3v) is 6.42. The van der Waals surface area contributed by atoms with Crippen molar-refractivity contribution in [2.45, 2.75) is 24.0 Å². The Kier molecular flexibility index (Phi) is 5.46. The number of rotatable bonds is 4. The van der Waals surface area contributed by atoms with Gasteiger partial charge in [-0.3, -0.25) is 4.79 Å². The summed E-state index contributed by atoms with van der Waals surface area (Å²) < 4.78 is 45.7. The molecule has 10 heteroatoms. The van der Waals surface area contributed by atoms with E-state index in [1.165, 1.54) is 26.0 Å². The first-order chi connectivity index (χ1) is 9.34. The van der Waals surface area contributed by atoms with Crippen LogP contribution in [0.4, 0.5) is 5.69 Å². The van der Waals surface area contributed by atoms with Gasteiger partial charge in [0, 0.05) is 21.4 Å². The molecule has 1 aromatic rings. The third kappa shape index (κ3) is 4.67. The number of anilines is 1. The summed E-state index contributed by atoms with van der Waals surface area (Å²) in [5.74, 6) is -0.709. The first-order valence-electron chi connectivity index (χ1n) is 5.58. The zero-order chi connectivity index (χ0) is 16.6. The second kappa shape index (κ2) is 6.23. The highest BCUT2D eigenvalue weighted by Crippen LogP contribution is 2.30. The number of sulfone groups is 1. The van der Waals surface area contributed by atoms with Gasteiger partial charge in [0.05, 0.1) is 10.6 Å². The summed E-state index contributed by atoms with van der Waals surface area (Å²) in [4.78, 5) is 11.8. The highest BCUT2D eigenvalue weighted by atomic mass is 79.9. The second-order valence-corrected chi connectivity index (χ2v) is 10.3. The van der Waals surface area contributed by atoms with Crippen LogP contribution in [0.1, 0.15) is 12.5 Å². The monoisotopic (exact) mass is 417 g/mol. The molecule has 0 saturated carbocycles. The predicted molar refractivity (Wildman–Crippen MR) is 84.9 cm³/mol. The van der Waals surface area contributed by atoms with Crippen molar-refractivity contribution in [3.8, 4) is 0 Å². The molecule has 0 bridgehead atoms. The summed E-state index contributed by atoms with van der Waals surface area (Å²) in [5, 5.41) is 1.21. The molecule has 0 spiro atoms. The van der Waals surface area contributed by atoms with Crippen LogP contribution in [0.5, 0.6) is 0 Å². The molecule has 0 aliphatic carbocycles. The van der Waals surface area contributed by atoms with Crippen molar-refractivity contribution in [1.29, 1.82) is 0 Å². The van der Waals surface area contributed by atoms with Crippen molar-refractivity contribution in [1.82, 2.24) is 0 Å². The number of benzene rings is 1. The lowest BCUT2D eigenvalue weighted by Gasteiger charge is -2.13. The number of hydrogen-bond acceptors (Lipinski definition) is 5. The van der Waals surface area contributed by atoms with Crippen LogP contribution >= 0.6 is 26.6 Å². The Morgan fingerprint density at radius 3 is 2.24 bits per heavy atom. The summed E-state index contributed by atoms with van der Waals surface area (Å²) in [6, 6.07) is 2.64. The van der Waals surface area contributed by atoms with E-state index in [9.17, 15) is 21.6 Å². The van der Waals surface area contributed by atoms with Crippen molar-refractivity contribution in [2.24, 2.45) is 0 Å². The Labute approximate surface area is 136 Å². The Balaban J connectivity index is 3.18. The van der Waals surface area contributed by atoms with Crippen LogP contribution in [0.2, 0.25) is 0 Å². The lowest BCUT2D eigenvalue weighted by atomic mass is 10.2. The minimum absolute atomic E-state index is 0.0924. The molecule has 1 amide bonds. The highest BCUT2D eigenvalue weighted by Gasteiger charge is 2.25. The molecule has 1 rings (SSSR count). The molecule has 0 aromatic heterocycles. The fourth-order valence-electron chi connectivity index (χ4n) is 1.45. The molecule has 0 saturated heterocycles. The Morgan fingerprint density at radius 2 is 1.81 bits per heavy atom. The van der Waals surface area contributed by atoms with Crippen LogP contribution in [0.15, 0.2) is 21.5 Å². The normalized spacial score (nSPS) is 13.8. The maximum atomic E-state index is 11.8. The van der Waals surface area contributed by atoms with Crippen LogP contribution in [0, 0.1) is 6.92 Å². The number of halogens is 2. The minimum Gasteiger partial charge on any atom is -0.324 e. The zero-order valence-corrected chi connectivity index (χ0v) is 15.3. The number of carbonyl (C=O) groups is 1. The molecule has 1 N–H and O–H groups in total. The summed E-state index contributed by atoms with van der Waals surface area (Å²) in [5.41, 5.74) is 0.590. The molecule has 1 atom stereocenters. The van der Waals surface area contributed by atoms with E-state index in [0.29, 0.717) is 5.56 Å². The number of nitrogens with one attached hydrogen (secondary N) is 1. The standard InChI is InChI=1S/C11H13BrClNO5S2/c1-6-4-9(8(12)5-10(6)21(13,18)19)14-11(15)7(2)20(3,16)17/h4-5,7H,1-3H3,(H,14,15). The average Bonchev–Trinajstić information content (AvgIpc) is 2.29. The van der Waals surface area contributed by atoms with Gasteiger partial charge in [-0.05, 0) is 47.5 Å². The molecular formula is C11H13BrClNO5S2. The topological polar surface area (TPSA) is 97.4 Å². The van der Waals surface area contributed by atoms with E-state index in [1.54, 1.807) is 0 Å². The van der Waals surface area contributed by atoms with Crippen LogP contribution in [-0.4, -0.2) is 34.2 Å². The van der Waals surface area contributed by atoms with Crippen LogP contribution in [0.25, 0.3) is 0 Å². The predicted octanol–water partition coefficient (Wildman–Crippen LogP) is 2.06. The molecule has 0 fully saturated rings. The number of amides is 1. The van der Waals surface area contributed by atoms with Crippen LogP contribution < -0.4 is 5.32 Å². The van der Waals surface area contributed by atoms with E-state index in [1.807, 2.05) is 0 Å². The van der Waals surface area contributed by atoms with Gasteiger partial charge in [-0.1, -0.05) is 0 Å². The fourth-order valence-corrected chi connectivity index (χ4v) is 3.69. The van der Waals surface area contributed by atoms with Gasteiger partial charge >= 0.3 is 0 Å². The van der Waals surface area contributed by atoms with E-state index in [-0.39, 0.29) is 15.1 Å². The molecule has 1 unspecified atom stereocenters. The Morgan fingerprint density at radius 1 is 1.29 bits per heavy atom. The summed E-state index contributed by atoms with van der Waals surface area (Å²) in [7, 11) is -2.14. The molecule has 1 aromatic carbocycles. The third-order valence-electron chi connectivity index (χ3n) is 2.80. The lowest BCUT2D eigenvalue weighted by molar-refractivity contribution is -0.115. The van der Waals surface area contributed by atoms with E-state index in [0.717, 1.165) is 6.26 Å². The van der Waals surface area contributed by atoms with Gasteiger partial charge in [0.1, 0.15) is 5.25 Å². The summed E-state index contributed by atoms with van der Waals surface area (Å²) >= 11 is 3.11. The zero-order valence-electron chi connectivity index (χ0n) is 11.3. The van der Waals surface area contributed by atoms with Crippen molar-refractivity contribution in [3.63, 3.8) is 0 Å². The first-order valence-corrected chi connectivity index (χ1v) is 10.6. The fraction of sp³-hybridized carbons (Fsp3) is 0.364. The molecular weight excluding hydrogens is 406 g/mol. The summed E-state index contributed by atoms with van der Waals surface area (Å²) in [6.07, 6.45) is 0.959.